The number of carbonyl (C=O) groups excluding carboxylic acids is 1. The Hall–Kier alpha value is -2.29. The molecule has 0 unspecified atom stereocenters. The highest BCUT2D eigenvalue weighted by atomic mass is 79.9. The first-order chi connectivity index (χ1) is 9.56. The van der Waals surface area contributed by atoms with E-state index in [9.17, 15) is 9.59 Å². The zero-order chi connectivity index (χ0) is 14.5. The van der Waals surface area contributed by atoms with Crippen LogP contribution in [-0.2, 0) is 6.54 Å². The fourth-order valence-electron chi connectivity index (χ4n) is 1.39. The molecule has 0 bridgehead atoms. The van der Waals surface area contributed by atoms with E-state index in [1.54, 1.807) is 12.1 Å². The lowest BCUT2D eigenvalue weighted by atomic mass is 10.3. The second-order valence-corrected chi connectivity index (χ2v) is 4.71. The van der Waals surface area contributed by atoms with Crippen molar-refractivity contribution in [3.8, 4) is 0 Å². The first kappa shape index (κ1) is 14.1. The summed E-state index contributed by atoms with van der Waals surface area (Å²) in [5, 5.41) is 18.4. The van der Waals surface area contributed by atoms with Crippen LogP contribution in [0.15, 0.2) is 29.0 Å². The molecule has 0 atom stereocenters. The molecule has 2 aromatic rings. The number of carbonyl (C=O) groups is 2. The highest BCUT2D eigenvalue weighted by Gasteiger charge is 2.09. The summed E-state index contributed by atoms with van der Waals surface area (Å²) in [4.78, 5) is 26.3. The maximum Gasteiger partial charge on any atom is 0.358 e. The average Bonchev–Trinajstić information content (AvgIpc) is 2.88. The number of aromatic carboxylic acids is 1. The highest BCUT2D eigenvalue weighted by Crippen LogP contribution is 2.07. The number of rotatable bonds is 5. The third-order valence-electron chi connectivity index (χ3n) is 2.34. The van der Waals surface area contributed by atoms with E-state index in [-0.39, 0.29) is 11.6 Å². The number of nitrogens with zero attached hydrogens (tertiary/aromatic N) is 4. The Kier molecular flexibility index (Phi) is 4.41. The van der Waals surface area contributed by atoms with Crippen molar-refractivity contribution in [2.75, 3.05) is 6.54 Å². The van der Waals surface area contributed by atoms with Gasteiger partial charge in [0.1, 0.15) is 5.69 Å². The van der Waals surface area contributed by atoms with Gasteiger partial charge < -0.3 is 10.4 Å². The molecule has 0 saturated carbocycles. The highest BCUT2D eigenvalue weighted by molar-refractivity contribution is 9.10. The van der Waals surface area contributed by atoms with Crippen molar-refractivity contribution in [1.82, 2.24) is 25.3 Å². The number of aromatic nitrogens is 4. The summed E-state index contributed by atoms with van der Waals surface area (Å²) < 4.78 is 2.14. The van der Waals surface area contributed by atoms with Gasteiger partial charge in [-0.2, -0.15) is 0 Å². The smallest absolute Gasteiger partial charge is 0.358 e. The maximum absolute atomic E-state index is 11.7. The Labute approximate surface area is 121 Å². The molecule has 0 saturated heterocycles. The van der Waals surface area contributed by atoms with Crippen LogP contribution in [0.5, 0.6) is 0 Å². The summed E-state index contributed by atoms with van der Waals surface area (Å²) in [6.07, 6.45) is 2.83. The predicted molar refractivity (Wildman–Crippen MR) is 71.3 cm³/mol. The van der Waals surface area contributed by atoms with E-state index in [1.807, 2.05) is 0 Å². The van der Waals surface area contributed by atoms with Crippen LogP contribution in [0.25, 0.3) is 0 Å². The Morgan fingerprint density at radius 3 is 2.75 bits per heavy atom. The molecule has 0 aliphatic carbocycles. The molecule has 0 aliphatic heterocycles. The molecule has 0 fully saturated rings. The number of nitrogens with one attached hydrogen (secondary N) is 1. The van der Waals surface area contributed by atoms with Crippen molar-refractivity contribution in [1.29, 1.82) is 0 Å². The molecule has 2 aromatic heterocycles. The summed E-state index contributed by atoms with van der Waals surface area (Å²) in [5.41, 5.74) is 0.170. The second-order valence-electron chi connectivity index (χ2n) is 3.79. The number of pyridine rings is 1. The summed E-state index contributed by atoms with van der Waals surface area (Å²) in [6, 6.07) is 3.32. The zero-order valence-corrected chi connectivity index (χ0v) is 11.7. The van der Waals surface area contributed by atoms with Crippen LogP contribution < -0.4 is 5.32 Å². The predicted octanol–water partition coefficient (Wildman–Crippen LogP) is 0.564. The number of carboxylic acid groups (broad SMARTS) is 1. The van der Waals surface area contributed by atoms with E-state index in [0.29, 0.717) is 18.8 Å². The van der Waals surface area contributed by atoms with E-state index < -0.39 is 5.97 Å². The van der Waals surface area contributed by atoms with Crippen molar-refractivity contribution in [2.45, 2.75) is 6.54 Å². The summed E-state index contributed by atoms with van der Waals surface area (Å²) >= 11 is 3.23. The summed E-state index contributed by atoms with van der Waals surface area (Å²) in [5.74, 6) is -1.45. The quantitative estimate of drug-likeness (QED) is 0.823. The summed E-state index contributed by atoms with van der Waals surface area (Å²) in [6.45, 7) is 0.613. The largest absolute Gasteiger partial charge is 0.476 e. The molecule has 0 aromatic carbocycles. The van der Waals surface area contributed by atoms with Crippen LogP contribution >= 0.6 is 15.9 Å². The number of hydrogen-bond acceptors (Lipinski definition) is 5. The van der Waals surface area contributed by atoms with Gasteiger partial charge in [-0.25, -0.2) is 14.5 Å². The normalized spacial score (nSPS) is 10.2. The van der Waals surface area contributed by atoms with E-state index >= 15 is 0 Å². The van der Waals surface area contributed by atoms with Crippen molar-refractivity contribution < 1.29 is 14.7 Å². The van der Waals surface area contributed by atoms with Crippen LogP contribution in [-0.4, -0.2) is 43.5 Å². The minimum absolute atomic E-state index is 0.133. The van der Waals surface area contributed by atoms with Gasteiger partial charge in [0.15, 0.2) is 5.69 Å². The lowest BCUT2D eigenvalue weighted by Crippen LogP contribution is -2.28. The van der Waals surface area contributed by atoms with Crippen LogP contribution in [0.2, 0.25) is 0 Å². The SMILES string of the molecule is O=C(O)c1cn(CCNC(=O)c2ccc(Br)cn2)nn1. The molecule has 2 rings (SSSR count). The molecule has 2 heterocycles. The van der Waals surface area contributed by atoms with E-state index in [0.717, 1.165) is 4.47 Å². The van der Waals surface area contributed by atoms with Gasteiger partial charge in [-0.15, -0.1) is 5.10 Å². The number of halogens is 1. The number of carboxylic acids is 1. The number of amides is 1. The second kappa shape index (κ2) is 6.24. The van der Waals surface area contributed by atoms with E-state index in [1.165, 1.54) is 17.1 Å². The minimum atomic E-state index is -1.14. The standard InChI is InChI=1S/C11H10BrN5O3/c12-7-1-2-8(14-5-7)10(18)13-3-4-17-6-9(11(19)20)15-16-17/h1-2,5-6H,3-4H2,(H,13,18)(H,19,20). The molecule has 9 heteroatoms. The monoisotopic (exact) mass is 339 g/mol. The Morgan fingerprint density at radius 1 is 1.35 bits per heavy atom. The molecule has 0 aliphatic rings. The van der Waals surface area contributed by atoms with Gasteiger partial charge in [-0.3, -0.25) is 4.79 Å². The molecule has 0 spiro atoms. The van der Waals surface area contributed by atoms with Gasteiger partial charge in [0.2, 0.25) is 0 Å². The molecule has 104 valence electrons. The zero-order valence-electron chi connectivity index (χ0n) is 10.2. The molecular formula is C11H10BrN5O3. The molecule has 1 amide bonds. The topological polar surface area (TPSA) is 110 Å². The van der Waals surface area contributed by atoms with Crippen molar-refractivity contribution in [3.63, 3.8) is 0 Å². The molecule has 8 nitrogen and oxygen atoms in total. The van der Waals surface area contributed by atoms with Crippen LogP contribution in [0.1, 0.15) is 21.0 Å². The molecule has 2 N–H and O–H groups in total. The third kappa shape index (κ3) is 3.60. The van der Waals surface area contributed by atoms with Crippen LogP contribution in [0.3, 0.4) is 0 Å². The fourth-order valence-corrected chi connectivity index (χ4v) is 1.62. The number of hydrogen-bond donors (Lipinski definition) is 2. The van der Waals surface area contributed by atoms with Gasteiger partial charge >= 0.3 is 5.97 Å². The van der Waals surface area contributed by atoms with Gasteiger partial charge in [0.25, 0.3) is 5.91 Å². The van der Waals surface area contributed by atoms with Gasteiger partial charge in [0.05, 0.1) is 12.7 Å². The fraction of sp³-hybridized carbons (Fsp3) is 0.182. The first-order valence-corrected chi connectivity index (χ1v) is 6.39. The Bertz CT molecular complexity index is 625. The first-order valence-electron chi connectivity index (χ1n) is 5.59. The molecule has 0 radical (unpaired) electrons. The Balaban J connectivity index is 1.84. The van der Waals surface area contributed by atoms with Crippen molar-refractivity contribution >= 4 is 27.8 Å². The minimum Gasteiger partial charge on any atom is -0.476 e. The van der Waals surface area contributed by atoms with Crippen LogP contribution in [0.4, 0.5) is 0 Å². The Morgan fingerprint density at radius 2 is 2.15 bits per heavy atom. The van der Waals surface area contributed by atoms with Gasteiger partial charge in [-0.05, 0) is 28.1 Å². The molecule has 20 heavy (non-hydrogen) atoms. The van der Waals surface area contributed by atoms with Crippen LogP contribution in [0, 0.1) is 0 Å². The lowest BCUT2D eigenvalue weighted by Gasteiger charge is -2.04. The lowest BCUT2D eigenvalue weighted by molar-refractivity contribution is 0.0690. The third-order valence-corrected chi connectivity index (χ3v) is 2.81. The molecular weight excluding hydrogens is 330 g/mol. The van der Waals surface area contributed by atoms with Crippen molar-refractivity contribution in [2.24, 2.45) is 0 Å². The van der Waals surface area contributed by atoms with Crippen molar-refractivity contribution in [3.05, 3.63) is 40.4 Å². The summed E-state index contributed by atoms with van der Waals surface area (Å²) in [7, 11) is 0. The van der Waals surface area contributed by atoms with Gasteiger partial charge in [0, 0.05) is 17.2 Å². The van der Waals surface area contributed by atoms with E-state index in [2.05, 4.69) is 36.5 Å². The van der Waals surface area contributed by atoms with E-state index in [4.69, 9.17) is 5.11 Å². The van der Waals surface area contributed by atoms with Gasteiger partial charge in [-0.1, -0.05) is 5.21 Å². The average molecular weight is 340 g/mol. The maximum atomic E-state index is 11.7.